The van der Waals surface area contributed by atoms with Crippen LogP contribution in [0.25, 0.3) is 0 Å². The van der Waals surface area contributed by atoms with Crippen LogP contribution in [0.2, 0.25) is 0 Å². The molecule has 1 N–H and O–H groups in total. The SMILES string of the molecule is Cc1cccc(CC(=O)Nc2ccc(F)c(F)c2F)c1. The third-order valence-electron chi connectivity index (χ3n) is 2.76. The van der Waals surface area contributed by atoms with Gasteiger partial charge in [0.2, 0.25) is 5.91 Å². The van der Waals surface area contributed by atoms with Crippen molar-refractivity contribution in [2.75, 3.05) is 5.32 Å². The van der Waals surface area contributed by atoms with Gasteiger partial charge in [-0.2, -0.15) is 0 Å². The molecular weight excluding hydrogens is 267 g/mol. The smallest absolute Gasteiger partial charge is 0.228 e. The first-order chi connectivity index (χ1) is 9.47. The minimum absolute atomic E-state index is 0.0279. The van der Waals surface area contributed by atoms with E-state index in [1.165, 1.54) is 0 Å². The number of aryl methyl sites for hydroxylation is 1. The van der Waals surface area contributed by atoms with Crippen LogP contribution in [0, 0.1) is 24.4 Å². The van der Waals surface area contributed by atoms with Crippen LogP contribution in [0.15, 0.2) is 36.4 Å². The number of carbonyl (C=O) groups is 1. The highest BCUT2D eigenvalue weighted by atomic mass is 19.2. The molecule has 104 valence electrons. The molecule has 0 aromatic heterocycles. The lowest BCUT2D eigenvalue weighted by atomic mass is 10.1. The summed E-state index contributed by atoms with van der Waals surface area (Å²) in [5, 5.41) is 2.23. The van der Waals surface area contributed by atoms with Gasteiger partial charge >= 0.3 is 0 Å². The van der Waals surface area contributed by atoms with Crippen LogP contribution in [-0.2, 0) is 11.2 Å². The predicted octanol–water partition coefficient (Wildman–Crippen LogP) is 3.59. The fourth-order valence-electron chi connectivity index (χ4n) is 1.82. The summed E-state index contributed by atoms with van der Waals surface area (Å²) in [6.45, 7) is 1.89. The third-order valence-corrected chi connectivity index (χ3v) is 2.76. The van der Waals surface area contributed by atoms with Gasteiger partial charge < -0.3 is 5.32 Å². The molecule has 0 saturated heterocycles. The summed E-state index contributed by atoms with van der Waals surface area (Å²) >= 11 is 0. The number of anilines is 1. The molecule has 0 aliphatic heterocycles. The van der Waals surface area contributed by atoms with Gasteiger partial charge in [-0.3, -0.25) is 4.79 Å². The Morgan fingerprint density at radius 2 is 1.85 bits per heavy atom. The summed E-state index contributed by atoms with van der Waals surface area (Å²) in [4.78, 5) is 11.7. The molecule has 2 aromatic rings. The van der Waals surface area contributed by atoms with Crippen LogP contribution in [0.5, 0.6) is 0 Å². The number of nitrogens with one attached hydrogen (secondary N) is 1. The number of halogens is 3. The first-order valence-corrected chi connectivity index (χ1v) is 5.96. The summed E-state index contributed by atoms with van der Waals surface area (Å²) in [5.74, 6) is -4.79. The van der Waals surface area contributed by atoms with Crippen LogP contribution in [0.1, 0.15) is 11.1 Å². The maximum atomic E-state index is 13.4. The van der Waals surface area contributed by atoms with Crippen molar-refractivity contribution in [2.24, 2.45) is 0 Å². The molecule has 0 saturated carbocycles. The maximum absolute atomic E-state index is 13.4. The Hall–Kier alpha value is -2.30. The van der Waals surface area contributed by atoms with Crippen LogP contribution < -0.4 is 5.32 Å². The Morgan fingerprint density at radius 3 is 2.55 bits per heavy atom. The summed E-state index contributed by atoms with van der Waals surface area (Å²) < 4.78 is 39.2. The highest BCUT2D eigenvalue weighted by Gasteiger charge is 2.15. The van der Waals surface area contributed by atoms with Gasteiger partial charge in [0.25, 0.3) is 0 Å². The lowest BCUT2D eigenvalue weighted by Gasteiger charge is -2.07. The average molecular weight is 279 g/mol. The van der Waals surface area contributed by atoms with E-state index in [4.69, 9.17) is 0 Å². The molecule has 1 amide bonds. The molecule has 0 atom stereocenters. The molecule has 20 heavy (non-hydrogen) atoms. The first-order valence-electron chi connectivity index (χ1n) is 5.96. The third kappa shape index (κ3) is 3.17. The highest BCUT2D eigenvalue weighted by molar-refractivity contribution is 5.92. The van der Waals surface area contributed by atoms with Crippen molar-refractivity contribution >= 4 is 11.6 Å². The second kappa shape index (κ2) is 5.77. The Kier molecular flexibility index (Phi) is 4.08. The molecule has 0 heterocycles. The van der Waals surface area contributed by atoms with E-state index in [2.05, 4.69) is 5.32 Å². The van der Waals surface area contributed by atoms with Gasteiger partial charge in [0, 0.05) is 0 Å². The average Bonchev–Trinajstić information content (AvgIpc) is 2.39. The summed E-state index contributed by atoms with van der Waals surface area (Å²) in [5.41, 5.74) is 1.38. The van der Waals surface area contributed by atoms with E-state index in [1.54, 1.807) is 12.1 Å². The zero-order valence-corrected chi connectivity index (χ0v) is 10.7. The van der Waals surface area contributed by atoms with Crippen molar-refractivity contribution in [1.29, 1.82) is 0 Å². The molecule has 0 aliphatic rings. The van der Waals surface area contributed by atoms with Gasteiger partial charge in [0.1, 0.15) is 0 Å². The molecule has 2 rings (SSSR count). The van der Waals surface area contributed by atoms with E-state index in [1.807, 2.05) is 19.1 Å². The van der Waals surface area contributed by atoms with Crippen molar-refractivity contribution in [1.82, 2.24) is 0 Å². The second-order valence-electron chi connectivity index (χ2n) is 4.44. The van der Waals surface area contributed by atoms with Gasteiger partial charge in [-0.15, -0.1) is 0 Å². The standard InChI is InChI=1S/C15H12F3NO/c1-9-3-2-4-10(7-9)8-13(20)19-12-6-5-11(16)14(17)15(12)18/h2-7H,8H2,1H3,(H,19,20). The van der Waals surface area contributed by atoms with E-state index in [9.17, 15) is 18.0 Å². The molecule has 5 heteroatoms. The first kappa shape index (κ1) is 14.1. The quantitative estimate of drug-likeness (QED) is 0.855. The Bertz CT molecular complexity index is 656. The van der Waals surface area contributed by atoms with E-state index >= 15 is 0 Å². The van der Waals surface area contributed by atoms with Crippen LogP contribution in [-0.4, -0.2) is 5.91 Å². The fraction of sp³-hybridized carbons (Fsp3) is 0.133. The molecule has 0 radical (unpaired) electrons. The van der Waals surface area contributed by atoms with E-state index in [0.29, 0.717) is 0 Å². The monoisotopic (exact) mass is 279 g/mol. The van der Waals surface area contributed by atoms with Gasteiger partial charge in [-0.25, -0.2) is 13.2 Å². The zero-order valence-electron chi connectivity index (χ0n) is 10.7. The van der Waals surface area contributed by atoms with E-state index in [-0.39, 0.29) is 12.1 Å². The zero-order chi connectivity index (χ0) is 14.7. The lowest BCUT2D eigenvalue weighted by Crippen LogP contribution is -2.16. The van der Waals surface area contributed by atoms with E-state index in [0.717, 1.165) is 23.3 Å². The summed E-state index contributed by atoms with van der Waals surface area (Å²) in [6.07, 6.45) is 0.0279. The molecule has 0 aliphatic carbocycles. The second-order valence-corrected chi connectivity index (χ2v) is 4.44. The summed E-state index contributed by atoms with van der Waals surface area (Å²) in [6, 6.07) is 9.02. The van der Waals surface area contributed by atoms with Crippen molar-refractivity contribution in [3.63, 3.8) is 0 Å². The summed E-state index contributed by atoms with van der Waals surface area (Å²) in [7, 11) is 0. The van der Waals surface area contributed by atoms with Gasteiger partial charge in [0.15, 0.2) is 17.5 Å². The number of hydrogen-bond acceptors (Lipinski definition) is 1. The number of rotatable bonds is 3. The number of carbonyl (C=O) groups excluding carboxylic acids is 1. The Labute approximate surface area is 114 Å². The normalized spacial score (nSPS) is 10.4. The predicted molar refractivity (Wildman–Crippen MR) is 69.8 cm³/mol. The van der Waals surface area contributed by atoms with Crippen LogP contribution in [0.4, 0.5) is 18.9 Å². The van der Waals surface area contributed by atoms with Crippen LogP contribution in [0.3, 0.4) is 0 Å². The van der Waals surface area contributed by atoms with Gasteiger partial charge in [-0.05, 0) is 24.6 Å². The van der Waals surface area contributed by atoms with Crippen molar-refractivity contribution < 1.29 is 18.0 Å². The van der Waals surface area contributed by atoms with Crippen LogP contribution >= 0.6 is 0 Å². The van der Waals surface area contributed by atoms with E-state index < -0.39 is 23.4 Å². The molecule has 2 nitrogen and oxygen atoms in total. The van der Waals surface area contributed by atoms with Crippen molar-refractivity contribution in [3.8, 4) is 0 Å². The Morgan fingerprint density at radius 1 is 1.10 bits per heavy atom. The minimum Gasteiger partial charge on any atom is -0.323 e. The maximum Gasteiger partial charge on any atom is 0.228 e. The fourth-order valence-corrected chi connectivity index (χ4v) is 1.82. The molecule has 0 bridgehead atoms. The number of benzene rings is 2. The van der Waals surface area contributed by atoms with Gasteiger partial charge in [-0.1, -0.05) is 29.8 Å². The molecule has 2 aromatic carbocycles. The lowest BCUT2D eigenvalue weighted by molar-refractivity contribution is -0.115. The minimum atomic E-state index is -1.60. The topological polar surface area (TPSA) is 29.1 Å². The number of amides is 1. The highest BCUT2D eigenvalue weighted by Crippen LogP contribution is 2.19. The molecular formula is C15H12F3NO. The van der Waals surface area contributed by atoms with Gasteiger partial charge in [0.05, 0.1) is 12.1 Å². The Balaban J connectivity index is 2.11. The largest absolute Gasteiger partial charge is 0.323 e. The molecule has 0 spiro atoms. The number of hydrogen-bond donors (Lipinski definition) is 1. The molecule has 0 unspecified atom stereocenters. The molecule has 0 fully saturated rings. The van der Waals surface area contributed by atoms with Crippen molar-refractivity contribution in [3.05, 3.63) is 65.0 Å². The van der Waals surface area contributed by atoms with Crippen molar-refractivity contribution in [2.45, 2.75) is 13.3 Å².